The Morgan fingerprint density at radius 2 is 2.04 bits per heavy atom. The van der Waals surface area contributed by atoms with Crippen LogP contribution in [0.5, 0.6) is 5.75 Å². The Morgan fingerprint density at radius 3 is 2.89 bits per heavy atom. The maximum atomic E-state index is 6.42. The summed E-state index contributed by atoms with van der Waals surface area (Å²) in [6.45, 7) is 2.05. The molecule has 0 saturated carbocycles. The molecule has 0 unspecified atom stereocenters. The number of hydrogen-bond donors (Lipinski definition) is 0. The van der Waals surface area contributed by atoms with E-state index in [4.69, 9.17) is 16.3 Å². The zero-order valence-electron chi connectivity index (χ0n) is 15.0. The Bertz CT molecular complexity index is 1110. The number of halogens is 1. The third kappa shape index (κ3) is 3.80. The summed E-state index contributed by atoms with van der Waals surface area (Å²) in [5.41, 5.74) is 4.10. The van der Waals surface area contributed by atoms with Gasteiger partial charge in [0.2, 0.25) is 0 Å². The van der Waals surface area contributed by atoms with Crippen LogP contribution in [-0.2, 0) is 5.75 Å². The normalized spacial score (nSPS) is 11.1. The van der Waals surface area contributed by atoms with Crippen LogP contribution in [0, 0.1) is 6.92 Å². The van der Waals surface area contributed by atoms with Crippen molar-refractivity contribution in [2.75, 3.05) is 7.11 Å². The zero-order valence-corrected chi connectivity index (χ0v) is 16.6. The number of methoxy groups -OCH3 is 1. The van der Waals surface area contributed by atoms with Crippen molar-refractivity contribution in [2.45, 2.75) is 17.8 Å². The van der Waals surface area contributed by atoms with Gasteiger partial charge in [0.1, 0.15) is 10.9 Å². The number of benzene rings is 2. The number of ether oxygens (including phenoxy) is 1. The number of imidazole rings is 1. The first-order valence-corrected chi connectivity index (χ1v) is 9.87. The second-order valence-corrected chi connectivity index (χ2v) is 7.50. The molecule has 4 aromatic rings. The van der Waals surface area contributed by atoms with Gasteiger partial charge in [-0.05, 0) is 36.8 Å². The summed E-state index contributed by atoms with van der Waals surface area (Å²) in [6.07, 6.45) is 3.74. The molecule has 0 fully saturated rings. The van der Waals surface area contributed by atoms with Crippen LogP contribution >= 0.6 is 23.4 Å². The number of pyridine rings is 1. The lowest BCUT2D eigenvalue weighted by atomic mass is 10.1. The summed E-state index contributed by atoms with van der Waals surface area (Å²) in [5.74, 6) is 1.51. The second kappa shape index (κ2) is 7.62. The molecule has 0 bridgehead atoms. The molecule has 2 aromatic carbocycles. The molecule has 0 aliphatic heterocycles. The van der Waals surface area contributed by atoms with Crippen molar-refractivity contribution in [2.24, 2.45) is 0 Å². The highest BCUT2D eigenvalue weighted by molar-refractivity contribution is 7.98. The van der Waals surface area contributed by atoms with Gasteiger partial charge in [-0.1, -0.05) is 41.6 Å². The first-order chi connectivity index (χ1) is 13.1. The second-order valence-electron chi connectivity index (χ2n) is 6.20. The lowest BCUT2D eigenvalue weighted by Crippen LogP contribution is -1.97. The van der Waals surface area contributed by atoms with Crippen LogP contribution < -0.4 is 4.74 Å². The van der Waals surface area contributed by atoms with Gasteiger partial charge in [0.15, 0.2) is 5.16 Å². The Hall–Kier alpha value is -2.50. The van der Waals surface area contributed by atoms with Gasteiger partial charge in [-0.15, -0.1) is 0 Å². The molecule has 2 aromatic heterocycles. The summed E-state index contributed by atoms with van der Waals surface area (Å²) >= 11 is 8.05. The lowest BCUT2D eigenvalue weighted by molar-refractivity contribution is 0.414. The molecule has 27 heavy (non-hydrogen) atoms. The van der Waals surface area contributed by atoms with E-state index in [0.29, 0.717) is 10.9 Å². The van der Waals surface area contributed by atoms with E-state index in [1.165, 1.54) is 5.56 Å². The first kappa shape index (κ1) is 17.9. The zero-order chi connectivity index (χ0) is 18.8. The van der Waals surface area contributed by atoms with Crippen LogP contribution in [0.4, 0.5) is 0 Å². The van der Waals surface area contributed by atoms with Crippen molar-refractivity contribution in [3.8, 4) is 11.4 Å². The maximum Gasteiger partial charge on any atom is 0.172 e. The first-order valence-electron chi connectivity index (χ1n) is 8.50. The predicted molar refractivity (Wildman–Crippen MR) is 111 cm³/mol. The number of fused-ring (bicyclic) bond motifs is 1. The van der Waals surface area contributed by atoms with Crippen molar-refractivity contribution >= 4 is 34.3 Å². The van der Waals surface area contributed by atoms with E-state index < -0.39 is 0 Å². The molecule has 0 aliphatic carbocycles. The van der Waals surface area contributed by atoms with Crippen LogP contribution in [0.1, 0.15) is 11.1 Å². The molecule has 0 aliphatic rings. The fraction of sp³-hybridized carbons (Fsp3) is 0.143. The summed E-state index contributed by atoms with van der Waals surface area (Å²) in [5, 5.41) is 2.53. The molecule has 136 valence electrons. The molecule has 0 saturated heterocycles. The van der Waals surface area contributed by atoms with Crippen molar-refractivity contribution < 1.29 is 4.74 Å². The smallest absolute Gasteiger partial charge is 0.172 e. The fourth-order valence-corrected chi connectivity index (χ4v) is 4.13. The predicted octanol–water partition coefficient (Wildman–Crippen LogP) is 5.68. The fourth-order valence-electron chi connectivity index (χ4n) is 2.89. The molecule has 2 heterocycles. The van der Waals surface area contributed by atoms with E-state index in [2.05, 4.69) is 35.1 Å². The van der Waals surface area contributed by atoms with Gasteiger partial charge in [0.05, 0.1) is 18.3 Å². The van der Waals surface area contributed by atoms with Gasteiger partial charge in [-0.25, -0.2) is 9.97 Å². The average Bonchev–Trinajstić information content (AvgIpc) is 3.15. The SMILES string of the molecule is COc1cccc(-n2ccnc2SCc2cc3ccc(C)cc3nc2Cl)c1. The van der Waals surface area contributed by atoms with Crippen molar-refractivity contribution in [3.63, 3.8) is 0 Å². The molecule has 0 amide bonds. The van der Waals surface area contributed by atoms with Gasteiger partial charge >= 0.3 is 0 Å². The lowest BCUT2D eigenvalue weighted by Gasteiger charge is -2.10. The number of thioether (sulfide) groups is 1. The van der Waals surface area contributed by atoms with Gasteiger partial charge < -0.3 is 4.74 Å². The minimum absolute atomic E-state index is 0.542. The van der Waals surface area contributed by atoms with Gasteiger partial charge in [0, 0.05) is 35.2 Å². The van der Waals surface area contributed by atoms with Crippen LogP contribution in [0.2, 0.25) is 5.15 Å². The van der Waals surface area contributed by atoms with Crippen LogP contribution in [0.15, 0.2) is 66.1 Å². The van der Waals surface area contributed by atoms with E-state index >= 15 is 0 Å². The molecule has 0 atom stereocenters. The van der Waals surface area contributed by atoms with E-state index in [0.717, 1.165) is 33.1 Å². The van der Waals surface area contributed by atoms with Gasteiger partial charge in [-0.3, -0.25) is 4.57 Å². The molecule has 0 spiro atoms. The number of aryl methyl sites for hydroxylation is 1. The Labute approximate surface area is 167 Å². The minimum atomic E-state index is 0.542. The number of nitrogens with zero attached hydrogens (tertiary/aromatic N) is 3. The molecular weight excluding hydrogens is 378 g/mol. The molecule has 0 N–H and O–H groups in total. The number of rotatable bonds is 5. The minimum Gasteiger partial charge on any atom is -0.497 e. The third-order valence-electron chi connectivity index (χ3n) is 4.29. The molecular formula is C21H18ClN3OS. The molecule has 0 radical (unpaired) electrons. The molecule has 6 heteroatoms. The van der Waals surface area contributed by atoms with E-state index in [1.807, 2.05) is 41.1 Å². The van der Waals surface area contributed by atoms with E-state index in [9.17, 15) is 0 Å². The highest BCUT2D eigenvalue weighted by atomic mass is 35.5. The third-order valence-corrected chi connectivity index (χ3v) is 5.64. The Kier molecular flexibility index (Phi) is 5.05. The average molecular weight is 396 g/mol. The molecule has 4 nitrogen and oxygen atoms in total. The summed E-state index contributed by atoms with van der Waals surface area (Å²) < 4.78 is 7.36. The quantitative estimate of drug-likeness (QED) is 0.322. The Morgan fingerprint density at radius 1 is 1.15 bits per heavy atom. The van der Waals surface area contributed by atoms with Crippen molar-refractivity contribution in [3.05, 3.63) is 77.2 Å². The summed E-state index contributed by atoms with van der Waals surface area (Å²) in [7, 11) is 1.67. The van der Waals surface area contributed by atoms with Crippen LogP contribution in [0.25, 0.3) is 16.6 Å². The Balaban J connectivity index is 1.59. The van der Waals surface area contributed by atoms with Crippen LogP contribution in [0.3, 0.4) is 0 Å². The highest BCUT2D eigenvalue weighted by Crippen LogP contribution is 2.29. The number of hydrogen-bond acceptors (Lipinski definition) is 4. The summed E-state index contributed by atoms with van der Waals surface area (Å²) in [6, 6.07) is 16.2. The van der Waals surface area contributed by atoms with Crippen molar-refractivity contribution in [1.29, 1.82) is 0 Å². The van der Waals surface area contributed by atoms with Gasteiger partial charge in [-0.2, -0.15) is 0 Å². The van der Waals surface area contributed by atoms with Crippen LogP contribution in [-0.4, -0.2) is 21.6 Å². The molecule has 4 rings (SSSR count). The van der Waals surface area contributed by atoms with Crippen molar-refractivity contribution in [1.82, 2.24) is 14.5 Å². The topological polar surface area (TPSA) is 39.9 Å². The largest absolute Gasteiger partial charge is 0.497 e. The number of aromatic nitrogens is 3. The monoisotopic (exact) mass is 395 g/mol. The van der Waals surface area contributed by atoms with Gasteiger partial charge in [0.25, 0.3) is 0 Å². The summed E-state index contributed by atoms with van der Waals surface area (Å²) in [4.78, 5) is 9.04. The maximum absolute atomic E-state index is 6.42. The standard InChI is InChI=1S/C21H18ClN3OS/c1-14-6-7-15-11-16(20(22)24-19(15)10-14)13-27-21-23-8-9-25(21)17-4-3-5-18(12-17)26-2/h3-12H,13H2,1-2H3. The van der Waals surface area contributed by atoms with E-state index in [1.54, 1.807) is 25.1 Å². The highest BCUT2D eigenvalue weighted by Gasteiger charge is 2.10. The van der Waals surface area contributed by atoms with E-state index in [-0.39, 0.29) is 0 Å².